The summed E-state index contributed by atoms with van der Waals surface area (Å²) in [6.07, 6.45) is 0. The molecule has 4 aromatic heterocycles. The number of fused-ring (bicyclic) bond motifs is 9. The fraction of sp³-hybridized carbons (Fsp3) is 0. The van der Waals surface area contributed by atoms with Gasteiger partial charge in [0.1, 0.15) is 11.2 Å². The number of benzene rings is 8. The summed E-state index contributed by atoms with van der Waals surface area (Å²) >= 11 is 1.80. The predicted octanol–water partition coefficient (Wildman–Crippen LogP) is 13.9. The van der Waals surface area contributed by atoms with Gasteiger partial charge in [0.2, 0.25) is 0 Å². The molecule has 57 heavy (non-hydrogen) atoms. The molecule has 6 heteroatoms. The number of hydrogen-bond donors (Lipinski definition) is 0. The van der Waals surface area contributed by atoms with E-state index in [9.17, 15) is 0 Å². The molecule has 0 spiro atoms. The zero-order valence-corrected chi connectivity index (χ0v) is 31.2. The molecule has 0 bridgehead atoms. The maximum Gasteiger partial charge on any atom is 0.165 e. The molecule has 0 amide bonds. The normalized spacial score (nSPS) is 11.9. The summed E-state index contributed by atoms with van der Waals surface area (Å²) in [7, 11) is 0. The second kappa shape index (κ2) is 12.6. The van der Waals surface area contributed by atoms with Crippen LogP contribution in [0, 0.1) is 0 Å². The third-order valence-electron chi connectivity index (χ3n) is 11.0. The van der Waals surface area contributed by atoms with Crippen molar-refractivity contribution in [1.29, 1.82) is 0 Å². The van der Waals surface area contributed by atoms with E-state index in [-0.39, 0.29) is 0 Å². The minimum absolute atomic E-state index is 0.604. The van der Waals surface area contributed by atoms with Crippen molar-refractivity contribution >= 4 is 75.3 Å². The van der Waals surface area contributed by atoms with Crippen LogP contribution in [0.5, 0.6) is 0 Å². The molecule has 0 aliphatic rings. The number of hydrogen-bond acceptors (Lipinski definition) is 5. The lowest BCUT2D eigenvalue weighted by Gasteiger charge is -2.13. The van der Waals surface area contributed by atoms with Gasteiger partial charge in [-0.05, 0) is 59.7 Å². The molecular weight excluding hydrogens is 717 g/mol. The molecule has 0 atom stereocenters. The van der Waals surface area contributed by atoms with E-state index in [1.807, 2.05) is 48.5 Å². The lowest BCUT2D eigenvalue weighted by atomic mass is 10.0. The van der Waals surface area contributed by atoms with Gasteiger partial charge in [-0.3, -0.25) is 0 Å². The molecule has 0 aliphatic heterocycles. The van der Waals surface area contributed by atoms with Crippen LogP contribution in [-0.4, -0.2) is 19.5 Å². The summed E-state index contributed by atoms with van der Waals surface area (Å²) in [6, 6.07) is 63.8. The lowest BCUT2D eigenvalue weighted by molar-refractivity contribution is 0.669. The van der Waals surface area contributed by atoms with E-state index in [2.05, 4.69) is 138 Å². The summed E-state index contributed by atoms with van der Waals surface area (Å²) in [6.45, 7) is 0. The van der Waals surface area contributed by atoms with Crippen molar-refractivity contribution in [1.82, 2.24) is 19.5 Å². The quantitative estimate of drug-likeness (QED) is 0.176. The third-order valence-corrected chi connectivity index (χ3v) is 12.3. The minimum Gasteiger partial charge on any atom is -0.456 e. The first kappa shape index (κ1) is 31.9. The largest absolute Gasteiger partial charge is 0.456 e. The fourth-order valence-electron chi connectivity index (χ4n) is 8.43. The summed E-state index contributed by atoms with van der Waals surface area (Å²) in [5.74, 6) is 1.85. The Kier molecular flexibility index (Phi) is 7.03. The average molecular weight is 747 g/mol. The molecule has 0 N–H and O–H groups in total. The molecule has 5 nitrogen and oxygen atoms in total. The Bertz CT molecular complexity index is 3470. The topological polar surface area (TPSA) is 56.7 Å². The summed E-state index contributed by atoms with van der Waals surface area (Å²) in [5, 5.41) is 6.89. The Balaban J connectivity index is 1.18. The second-order valence-electron chi connectivity index (χ2n) is 14.4. The Hall–Kier alpha value is -7.41. The first-order valence-electron chi connectivity index (χ1n) is 19.0. The van der Waals surface area contributed by atoms with E-state index in [4.69, 9.17) is 19.4 Å². The lowest BCUT2D eigenvalue weighted by Crippen LogP contribution is -2.01. The van der Waals surface area contributed by atoms with Crippen molar-refractivity contribution in [3.8, 4) is 51.0 Å². The van der Waals surface area contributed by atoms with E-state index in [0.29, 0.717) is 17.5 Å². The Morgan fingerprint density at radius 2 is 0.947 bits per heavy atom. The monoisotopic (exact) mass is 746 g/mol. The molecule has 266 valence electrons. The van der Waals surface area contributed by atoms with Crippen molar-refractivity contribution in [2.24, 2.45) is 0 Å². The predicted molar refractivity (Wildman–Crippen MR) is 236 cm³/mol. The van der Waals surface area contributed by atoms with Crippen molar-refractivity contribution in [3.63, 3.8) is 0 Å². The van der Waals surface area contributed by atoms with E-state index < -0.39 is 0 Å². The third kappa shape index (κ3) is 5.04. The number of thiophene rings is 1. The van der Waals surface area contributed by atoms with Gasteiger partial charge in [-0.1, -0.05) is 133 Å². The van der Waals surface area contributed by atoms with Crippen molar-refractivity contribution in [3.05, 3.63) is 182 Å². The highest BCUT2D eigenvalue weighted by atomic mass is 32.1. The van der Waals surface area contributed by atoms with Gasteiger partial charge in [-0.25, -0.2) is 15.0 Å². The molecule has 8 aromatic carbocycles. The van der Waals surface area contributed by atoms with Crippen molar-refractivity contribution in [2.75, 3.05) is 0 Å². The van der Waals surface area contributed by atoms with Crippen molar-refractivity contribution < 1.29 is 4.42 Å². The molecule has 0 unspecified atom stereocenters. The molecular formula is C51H30N4OS. The molecule has 0 saturated carbocycles. The van der Waals surface area contributed by atoms with Crippen LogP contribution in [-0.2, 0) is 0 Å². The van der Waals surface area contributed by atoms with E-state index in [0.717, 1.165) is 65.4 Å². The summed E-state index contributed by atoms with van der Waals surface area (Å²) < 4.78 is 10.9. The van der Waals surface area contributed by atoms with Crippen LogP contribution in [0.2, 0.25) is 0 Å². The maximum absolute atomic E-state index is 6.20. The van der Waals surface area contributed by atoms with Gasteiger partial charge < -0.3 is 8.98 Å². The molecule has 0 fully saturated rings. The average Bonchev–Trinajstić information content (AvgIpc) is 3.96. The first-order chi connectivity index (χ1) is 28.2. The second-order valence-corrected chi connectivity index (χ2v) is 15.4. The van der Waals surface area contributed by atoms with E-state index in [1.54, 1.807) is 11.3 Å². The SMILES string of the molecule is c1ccc(-c2nc(-c3ccc4oc5ccccc5c4c3)nc(-c3cc(-n4c5ccccc5c5ccccc54)cc4c3sc3c(-c5ccccc5)cccc34)n2)cc1. The fourth-order valence-corrected chi connectivity index (χ4v) is 9.76. The highest BCUT2D eigenvalue weighted by molar-refractivity contribution is 7.26. The number of rotatable bonds is 5. The highest BCUT2D eigenvalue weighted by Gasteiger charge is 2.22. The number of para-hydroxylation sites is 3. The first-order valence-corrected chi connectivity index (χ1v) is 19.8. The van der Waals surface area contributed by atoms with Crippen LogP contribution in [0.25, 0.3) is 115 Å². The van der Waals surface area contributed by atoms with E-state index in [1.165, 1.54) is 32.0 Å². The number of aromatic nitrogens is 4. The maximum atomic E-state index is 6.20. The van der Waals surface area contributed by atoms with Gasteiger partial charge in [0.05, 0.1) is 11.0 Å². The Morgan fingerprint density at radius 1 is 0.368 bits per heavy atom. The van der Waals surface area contributed by atoms with Crippen LogP contribution in [0.1, 0.15) is 0 Å². The molecule has 12 rings (SSSR count). The summed E-state index contributed by atoms with van der Waals surface area (Å²) in [5.41, 5.74) is 10.2. The van der Waals surface area contributed by atoms with E-state index >= 15 is 0 Å². The van der Waals surface area contributed by atoms with Crippen LogP contribution < -0.4 is 0 Å². The summed E-state index contributed by atoms with van der Waals surface area (Å²) in [4.78, 5) is 15.8. The number of furan rings is 1. The molecule has 0 saturated heterocycles. The zero-order chi connectivity index (χ0) is 37.5. The van der Waals surface area contributed by atoms with Gasteiger partial charge in [-0.15, -0.1) is 11.3 Å². The van der Waals surface area contributed by atoms with Gasteiger partial charge >= 0.3 is 0 Å². The molecule has 4 heterocycles. The van der Waals surface area contributed by atoms with Crippen LogP contribution in [0.4, 0.5) is 0 Å². The van der Waals surface area contributed by atoms with Crippen LogP contribution >= 0.6 is 11.3 Å². The Morgan fingerprint density at radius 3 is 1.70 bits per heavy atom. The highest BCUT2D eigenvalue weighted by Crippen LogP contribution is 2.46. The van der Waals surface area contributed by atoms with Crippen LogP contribution in [0.15, 0.2) is 186 Å². The van der Waals surface area contributed by atoms with Gasteiger partial charge in [0.25, 0.3) is 0 Å². The molecule has 0 radical (unpaired) electrons. The van der Waals surface area contributed by atoms with Crippen LogP contribution in [0.3, 0.4) is 0 Å². The van der Waals surface area contributed by atoms with Crippen molar-refractivity contribution in [2.45, 2.75) is 0 Å². The number of nitrogens with zero attached hydrogens (tertiary/aromatic N) is 4. The van der Waals surface area contributed by atoms with Gasteiger partial charge in [-0.2, -0.15) is 0 Å². The smallest absolute Gasteiger partial charge is 0.165 e. The minimum atomic E-state index is 0.604. The zero-order valence-electron chi connectivity index (χ0n) is 30.4. The van der Waals surface area contributed by atoms with Gasteiger partial charge in [0.15, 0.2) is 17.5 Å². The Labute approximate surface area is 330 Å². The standard InChI is InChI=1S/C51H30N4OS/c1-3-14-31(15-4-1)35-21-13-22-39-41-29-34(55-43-23-10-7-18-36(43)37-19-8-11-24-44(37)55)30-42(48(41)57-47(35)39)51-53-49(32-16-5-2-6-17-32)52-50(54-51)33-26-27-46-40(28-33)38-20-9-12-25-45(38)56-46/h1-30H. The molecule has 12 aromatic rings. The van der Waals surface area contributed by atoms with Gasteiger partial charge in [0, 0.05) is 64.1 Å². The molecule has 0 aliphatic carbocycles.